The van der Waals surface area contributed by atoms with Gasteiger partial charge in [-0.3, -0.25) is 4.98 Å². The maximum Gasteiger partial charge on any atom is 0.0783 e. The summed E-state index contributed by atoms with van der Waals surface area (Å²) in [5.41, 5.74) is 6.10. The molecule has 0 N–H and O–H groups in total. The number of benzene rings is 2. The number of aromatic nitrogens is 1. The molecule has 0 radical (unpaired) electrons. The SMILES string of the molecule is CC(C)Cc1ccccc1-c1ncccc1-c1ccccc1. The lowest BCUT2D eigenvalue weighted by Crippen LogP contribution is -1.98. The maximum absolute atomic E-state index is 4.69. The molecule has 0 aliphatic carbocycles. The zero-order chi connectivity index (χ0) is 15.4. The van der Waals surface area contributed by atoms with Crippen molar-refractivity contribution in [3.8, 4) is 22.4 Å². The molecule has 1 heterocycles. The van der Waals surface area contributed by atoms with Crippen molar-refractivity contribution in [2.45, 2.75) is 20.3 Å². The van der Waals surface area contributed by atoms with E-state index >= 15 is 0 Å². The molecule has 0 amide bonds. The molecule has 0 aliphatic rings. The summed E-state index contributed by atoms with van der Waals surface area (Å²) >= 11 is 0. The van der Waals surface area contributed by atoms with Crippen molar-refractivity contribution in [2.75, 3.05) is 0 Å². The first kappa shape index (κ1) is 14.5. The summed E-state index contributed by atoms with van der Waals surface area (Å²) in [6, 6.07) is 23.3. The van der Waals surface area contributed by atoms with Crippen LogP contribution in [0.15, 0.2) is 72.9 Å². The van der Waals surface area contributed by atoms with Gasteiger partial charge >= 0.3 is 0 Å². The molecule has 0 saturated heterocycles. The van der Waals surface area contributed by atoms with E-state index in [1.165, 1.54) is 22.3 Å². The van der Waals surface area contributed by atoms with Gasteiger partial charge in [0.05, 0.1) is 5.69 Å². The Hall–Kier alpha value is -2.41. The second kappa shape index (κ2) is 6.57. The monoisotopic (exact) mass is 287 g/mol. The van der Waals surface area contributed by atoms with E-state index < -0.39 is 0 Å². The summed E-state index contributed by atoms with van der Waals surface area (Å²) in [5, 5.41) is 0. The highest BCUT2D eigenvalue weighted by Gasteiger charge is 2.12. The van der Waals surface area contributed by atoms with Crippen molar-refractivity contribution in [1.82, 2.24) is 4.98 Å². The molecule has 1 nitrogen and oxygen atoms in total. The molecule has 110 valence electrons. The second-order valence-electron chi connectivity index (χ2n) is 6.02. The van der Waals surface area contributed by atoms with Crippen LogP contribution >= 0.6 is 0 Å². The molecule has 1 aromatic heterocycles. The minimum atomic E-state index is 0.630. The number of pyridine rings is 1. The van der Waals surface area contributed by atoms with Crippen LogP contribution in [-0.4, -0.2) is 4.98 Å². The van der Waals surface area contributed by atoms with E-state index in [0.29, 0.717) is 5.92 Å². The van der Waals surface area contributed by atoms with Gasteiger partial charge in [-0.05, 0) is 29.5 Å². The van der Waals surface area contributed by atoms with Crippen LogP contribution in [0.2, 0.25) is 0 Å². The molecular formula is C21H21N. The number of hydrogen-bond donors (Lipinski definition) is 0. The van der Waals surface area contributed by atoms with Crippen LogP contribution in [-0.2, 0) is 6.42 Å². The largest absolute Gasteiger partial charge is 0.256 e. The Balaban J connectivity index is 2.14. The van der Waals surface area contributed by atoms with Gasteiger partial charge in [0.15, 0.2) is 0 Å². The van der Waals surface area contributed by atoms with E-state index in [1.54, 1.807) is 0 Å². The predicted molar refractivity (Wildman–Crippen MR) is 93.7 cm³/mol. The van der Waals surface area contributed by atoms with E-state index in [4.69, 9.17) is 4.98 Å². The van der Waals surface area contributed by atoms with Gasteiger partial charge in [-0.25, -0.2) is 0 Å². The predicted octanol–water partition coefficient (Wildman–Crippen LogP) is 5.61. The highest BCUT2D eigenvalue weighted by molar-refractivity contribution is 5.81. The first-order chi connectivity index (χ1) is 10.8. The van der Waals surface area contributed by atoms with E-state index in [0.717, 1.165) is 12.1 Å². The summed E-state index contributed by atoms with van der Waals surface area (Å²) in [5.74, 6) is 0.630. The van der Waals surface area contributed by atoms with Crippen molar-refractivity contribution in [3.63, 3.8) is 0 Å². The Bertz CT molecular complexity index is 745. The molecular weight excluding hydrogens is 266 g/mol. The Kier molecular flexibility index (Phi) is 4.34. The molecule has 0 aliphatic heterocycles. The fraction of sp³-hybridized carbons (Fsp3) is 0.190. The molecule has 1 heteroatoms. The molecule has 22 heavy (non-hydrogen) atoms. The summed E-state index contributed by atoms with van der Waals surface area (Å²) in [7, 11) is 0. The van der Waals surface area contributed by atoms with Crippen molar-refractivity contribution in [1.29, 1.82) is 0 Å². The third-order valence-corrected chi connectivity index (χ3v) is 3.79. The van der Waals surface area contributed by atoms with Gasteiger partial charge in [-0.15, -0.1) is 0 Å². The average molecular weight is 287 g/mol. The van der Waals surface area contributed by atoms with Crippen LogP contribution in [0.5, 0.6) is 0 Å². The fourth-order valence-corrected chi connectivity index (χ4v) is 2.84. The number of nitrogens with zero attached hydrogens (tertiary/aromatic N) is 1. The van der Waals surface area contributed by atoms with Crippen molar-refractivity contribution in [3.05, 3.63) is 78.5 Å². The first-order valence-electron chi connectivity index (χ1n) is 7.84. The molecule has 2 aromatic carbocycles. The van der Waals surface area contributed by atoms with E-state index in [9.17, 15) is 0 Å². The van der Waals surface area contributed by atoms with Crippen LogP contribution in [0.25, 0.3) is 22.4 Å². The quantitative estimate of drug-likeness (QED) is 0.607. The first-order valence-corrected chi connectivity index (χ1v) is 7.84. The van der Waals surface area contributed by atoms with E-state index in [2.05, 4.69) is 68.4 Å². The van der Waals surface area contributed by atoms with Gasteiger partial charge in [0, 0.05) is 17.3 Å². The van der Waals surface area contributed by atoms with Gasteiger partial charge in [-0.2, -0.15) is 0 Å². The van der Waals surface area contributed by atoms with Crippen molar-refractivity contribution >= 4 is 0 Å². The second-order valence-corrected chi connectivity index (χ2v) is 6.02. The lowest BCUT2D eigenvalue weighted by atomic mass is 9.92. The van der Waals surface area contributed by atoms with Crippen LogP contribution in [0.3, 0.4) is 0 Å². The third-order valence-electron chi connectivity index (χ3n) is 3.79. The van der Waals surface area contributed by atoms with Gasteiger partial charge in [0.2, 0.25) is 0 Å². The number of rotatable bonds is 4. The van der Waals surface area contributed by atoms with Crippen molar-refractivity contribution in [2.24, 2.45) is 5.92 Å². The summed E-state index contributed by atoms with van der Waals surface area (Å²) in [6.45, 7) is 4.51. The molecule has 3 rings (SSSR count). The number of hydrogen-bond acceptors (Lipinski definition) is 1. The smallest absolute Gasteiger partial charge is 0.0783 e. The van der Waals surface area contributed by atoms with Crippen LogP contribution in [0.1, 0.15) is 19.4 Å². The molecule has 0 fully saturated rings. The fourth-order valence-electron chi connectivity index (χ4n) is 2.84. The van der Waals surface area contributed by atoms with Crippen molar-refractivity contribution < 1.29 is 0 Å². The summed E-state index contributed by atoms with van der Waals surface area (Å²) < 4.78 is 0. The average Bonchev–Trinajstić information content (AvgIpc) is 2.56. The summed E-state index contributed by atoms with van der Waals surface area (Å²) in [4.78, 5) is 4.69. The van der Waals surface area contributed by atoms with Gasteiger partial charge in [0.1, 0.15) is 0 Å². The molecule has 0 spiro atoms. The van der Waals surface area contributed by atoms with E-state index in [1.807, 2.05) is 18.3 Å². The highest BCUT2D eigenvalue weighted by Crippen LogP contribution is 2.32. The van der Waals surface area contributed by atoms with Gasteiger partial charge < -0.3 is 0 Å². The van der Waals surface area contributed by atoms with Crippen LogP contribution < -0.4 is 0 Å². The van der Waals surface area contributed by atoms with Gasteiger partial charge in [0.25, 0.3) is 0 Å². The molecule has 0 unspecified atom stereocenters. The third kappa shape index (κ3) is 3.09. The zero-order valence-corrected chi connectivity index (χ0v) is 13.2. The standard InChI is InChI=1S/C21H21N/c1-16(2)15-18-11-6-7-12-20(18)21-19(13-8-14-22-21)17-9-4-3-5-10-17/h3-14,16H,15H2,1-2H3. The molecule has 0 atom stereocenters. The maximum atomic E-state index is 4.69. The Morgan fingerprint density at radius 2 is 1.45 bits per heavy atom. The summed E-state index contributed by atoms with van der Waals surface area (Å²) in [6.07, 6.45) is 2.95. The Morgan fingerprint density at radius 1 is 0.773 bits per heavy atom. The lowest BCUT2D eigenvalue weighted by Gasteiger charge is -2.14. The molecule has 0 bridgehead atoms. The molecule has 0 saturated carbocycles. The zero-order valence-electron chi connectivity index (χ0n) is 13.2. The minimum absolute atomic E-state index is 0.630. The minimum Gasteiger partial charge on any atom is -0.256 e. The highest BCUT2D eigenvalue weighted by atomic mass is 14.7. The van der Waals surface area contributed by atoms with Crippen LogP contribution in [0.4, 0.5) is 0 Å². The van der Waals surface area contributed by atoms with E-state index in [-0.39, 0.29) is 0 Å². The normalized spacial score (nSPS) is 10.9. The lowest BCUT2D eigenvalue weighted by molar-refractivity contribution is 0.648. The Labute approximate surface area is 132 Å². The van der Waals surface area contributed by atoms with Crippen LogP contribution in [0, 0.1) is 5.92 Å². The topological polar surface area (TPSA) is 12.9 Å². The van der Waals surface area contributed by atoms with Gasteiger partial charge in [-0.1, -0.05) is 74.5 Å². The Morgan fingerprint density at radius 3 is 2.23 bits per heavy atom. The molecule has 3 aromatic rings.